The minimum Gasteiger partial charge on any atom is -0.356 e. The van der Waals surface area contributed by atoms with E-state index in [1.54, 1.807) is 6.33 Å². The number of hydrogen-bond acceptors (Lipinski definition) is 5. The minimum atomic E-state index is -0.166. The SMILES string of the molecule is Cc1cccc2cc(C(Nc3ncnc4[nH]cnc34)c3ccccc3)ncc12. The van der Waals surface area contributed by atoms with Crippen molar-refractivity contribution in [3.8, 4) is 0 Å². The molecule has 3 heterocycles. The second-order valence-electron chi connectivity index (χ2n) is 6.72. The maximum Gasteiger partial charge on any atom is 0.162 e. The molecule has 6 nitrogen and oxygen atoms in total. The molecule has 1 unspecified atom stereocenters. The lowest BCUT2D eigenvalue weighted by Crippen LogP contribution is -2.15. The van der Waals surface area contributed by atoms with Gasteiger partial charge in [0.1, 0.15) is 11.8 Å². The third-order valence-corrected chi connectivity index (χ3v) is 4.93. The summed E-state index contributed by atoms with van der Waals surface area (Å²) < 4.78 is 0. The number of hydrogen-bond donors (Lipinski definition) is 2. The molecule has 1 atom stereocenters. The van der Waals surface area contributed by atoms with Crippen LogP contribution in [-0.2, 0) is 0 Å². The Balaban J connectivity index is 1.64. The number of aryl methyl sites for hydroxylation is 1. The van der Waals surface area contributed by atoms with Gasteiger partial charge in [0.25, 0.3) is 0 Å². The summed E-state index contributed by atoms with van der Waals surface area (Å²) in [4.78, 5) is 20.8. The van der Waals surface area contributed by atoms with E-state index < -0.39 is 0 Å². The molecule has 0 spiro atoms. The van der Waals surface area contributed by atoms with Gasteiger partial charge >= 0.3 is 0 Å². The first-order valence-electron chi connectivity index (χ1n) is 9.10. The highest BCUT2D eigenvalue weighted by Gasteiger charge is 2.19. The van der Waals surface area contributed by atoms with Gasteiger partial charge in [0, 0.05) is 11.6 Å². The highest BCUT2D eigenvalue weighted by atomic mass is 15.1. The molecule has 28 heavy (non-hydrogen) atoms. The zero-order valence-corrected chi connectivity index (χ0v) is 15.3. The molecule has 6 heteroatoms. The van der Waals surface area contributed by atoms with Gasteiger partial charge < -0.3 is 10.3 Å². The zero-order valence-electron chi connectivity index (χ0n) is 15.3. The first-order valence-corrected chi connectivity index (χ1v) is 9.10. The summed E-state index contributed by atoms with van der Waals surface area (Å²) in [6, 6.07) is 18.5. The van der Waals surface area contributed by atoms with Crippen molar-refractivity contribution in [1.82, 2.24) is 24.9 Å². The van der Waals surface area contributed by atoms with Crippen molar-refractivity contribution >= 4 is 27.8 Å². The molecule has 3 aromatic heterocycles. The fourth-order valence-corrected chi connectivity index (χ4v) is 3.48. The van der Waals surface area contributed by atoms with E-state index >= 15 is 0 Å². The summed E-state index contributed by atoms with van der Waals surface area (Å²) in [6.07, 6.45) is 5.10. The number of H-pyrrole nitrogens is 1. The number of imidazole rings is 1. The van der Waals surface area contributed by atoms with Crippen molar-refractivity contribution in [1.29, 1.82) is 0 Å². The number of anilines is 1. The van der Waals surface area contributed by atoms with Gasteiger partial charge in [-0.15, -0.1) is 0 Å². The standard InChI is InChI=1S/C22H18N6/c1-14-6-5-9-16-10-18(23-11-17(14)16)19(15-7-3-2-4-8-15)28-22-20-21(25-12-24-20)26-13-27-22/h2-13,19H,1H3,(H2,24,25,26,27,28). The quantitative estimate of drug-likeness (QED) is 0.492. The van der Waals surface area contributed by atoms with Crippen LogP contribution in [0.15, 0.2) is 73.4 Å². The van der Waals surface area contributed by atoms with E-state index in [0.717, 1.165) is 16.6 Å². The molecular formula is C22H18N6. The monoisotopic (exact) mass is 366 g/mol. The van der Waals surface area contributed by atoms with Gasteiger partial charge in [-0.1, -0.05) is 48.5 Å². The van der Waals surface area contributed by atoms with Crippen LogP contribution in [0.2, 0.25) is 0 Å². The van der Waals surface area contributed by atoms with Crippen LogP contribution in [0, 0.1) is 6.92 Å². The van der Waals surface area contributed by atoms with Gasteiger partial charge in [0.2, 0.25) is 0 Å². The average Bonchev–Trinajstić information content (AvgIpc) is 3.22. The molecule has 0 amide bonds. The third kappa shape index (κ3) is 2.85. The number of pyridine rings is 1. The number of benzene rings is 2. The van der Waals surface area contributed by atoms with E-state index in [9.17, 15) is 0 Å². The molecule has 136 valence electrons. The van der Waals surface area contributed by atoms with Crippen molar-refractivity contribution < 1.29 is 0 Å². The second-order valence-corrected chi connectivity index (χ2v) is 6.72. The Kier molecular flexibility index (Phi) is 3.94. The van der Waals surface area contributed by atoms with Gasteiger partial charge in [-0.2, -0.15) is 0 Å². The third-order valence-electron chi connectivity index (χ3n) is 4.93. The molecule has 0 aliphatic heterocycles. The topological polar surface area (TPSA) is 79.4 Å². The predicted molar refractivity (Wildman–Crippen MR) is 110 cm³/mol. The van der Waals surface area contributed by atoms with Gasteiger partial charge in [-0.05, 0) is 29.5 Å². The maximum absolute atomic E-state index is 4.77. The molecule has 5 rings (SSSR count). The minimum absolute atomic E-state index is 0.166. The lowest BCUT2D eigenvalue weighted by Gasteiger charge is -2.20. The van der Waals surface area contributed by atoms with Gasteiger partial charge in [0.05, 0.1) is 18.1 Å². The summed E-state index contributed by atoms with van der Waals surface area (Å²) in [5.74, 6) is 0.672. The number of rotatable bonds is 4. The molecular weight excluding hydrogens is 348 g/mol. The van der Waals surface area contributed by atoms with E-state index in [4.69, 9.17) is 4.98 Å². The molecule has 0 radical (unpaired) electrons. The molecule has 0 saturated carbocycles. The first kappa shape index (κ1) is 16.4. The average molecular weight is 366 g/mol. The lowest BCUT2D eigenvalue weighted by atomic mass is 10.00. The maximum atomic E-state index is 4.77. The van der Waals surface area contributed by atoms with E-state index in [1.807, 2.05) is 24.4 Å². The number of nitrogens with zero attached hydrogens (tertiary/aromatic N) is 4. The summed E-state index contributed by atoms with van der Waals surface area (Å²) in [5.41, 5.74) is 4.65. The molecule has 0 aliphatic carbocycles. The van der Waals surface area contributed by atoms with Crippen LogP contribution < -0.4 is 5.32 Å². The Hall–Kier alpha value is -3.80. The molecule has 0 bridgehead atoms. The summed E-state index contributed by atoms with van der Waals surface area (Å²) in [5, 5.41) is 5.85. The van der Waals surface area contributed by atoms with Crippen molar-refractivity contribution in [2.45, 2.75) is 13.0 Å². The molecule has 0 aliphatic rings. The van der Waals surface area contributed by atoms with Crippen LogP contribution in [0.5, 0.6) is 0 Å². The van der Waals surface area contributed by atoms with Crippen molar-refractivity contribution in [2.24, 2.45) is 0 Å². The Bertz CT molecular complexity index is 1260. The first-order chi connectivity index (χ1) is 13.8. The number of aromatic amines is 1. The summed E-state index contributed by atoms with van der Waals surface area (Å²) in [6.45, 7) is 2.10. The van der Waals surface area contributed by atoms with Crippen LogP contribution >= 0.6 is 0 Å². The summed E-state index contributed by atoms with van der Waals surface area (Å²) >= 11 is 0. The lowest BCUT2D eigenvalue weighted by molar-refractivity contribution is 0.882. The molecule has 0 saturated heterocycles. The van der Waals surface area contributed by atoms with E-state index in [0.29, 0.717) is 17.0 Å². The molecule has 5 aromatic rings. The highest BCUT2D eigenvalue weighted by Crippen LogP contribution is 2.29. The zero-order chi connectivity index (χ0) is 18.9. The van der Waals surface area contributed by atoms with Crippen LogP contribution in [0.4, 0.5) is 5.82 Å². The van der Waals surface area contributed by atoms with Gasteiger partial charge in [-0.3, -0.25) is 4.98 Å². The van der Waals surface area contributed by atoms with E-state index in [2.05, 4.69) is 68.6 Å². The number of aromatic nitrogens is 5. The molecule has 0 fully saturated rings. The van der Waals surface area contributed by atoms with Crippen LogP contribution in [0.25, 0.3) is 21.9 Å². The highest BCUT2D eigenvalue weighted by molar-refractivity contribution is 5.85. The number of nitrogens with one attached hydrogen (secondary N) is 2. The fraction of sp³-hybridized carbons (Fsp3) is 0.0909. The molecule has 2 N–H and O–H groups in total. The smallest absolute Gasteiger partial charge is 0.162 e. The van der Waals surface area contributed by atoms with Crippen LogP contribution in [-0.4, -0.2) is 24.9 Å². The second kappa shape index (κ2) is 6.74. The van der Waals surface area contributed by atoms with Crippen molar-refractivity contribution in [3.05, 3.63) is 90.3 Å². The Morgan fingerprint density at radius 1 is 0.929 bits per heavy atom. The fourth-order valence-electron chi connectivity index (χ4n) is 3.48. The van der Waals surface area contributed by atoms with E-state index in [-0.39, 0.29) is 6.04 Å². The Morgan fingerprint density at radius 2 is 1.82 bits per heavy atom. The van der Waals surface area contributed by atoms with Gasteiger partial charge in [-0.25, -0.2) is 15.0 Å². The van der Waals surface area contributed by atoms with Crippen LogP contribution in [0.3, 0.4) is 0 Å². The van der Waals surface area contributed by atoms with Gasteiger partial charge in [0.15, 0.2) is 11.5 Å². The van der Waals surface area contributed by atoms with Crippen LogP contribution in [0.1, 0.15) is 22.9 Å². The Labute approximate surface area is 161 Å². The molecule has 2 aromatic carbocycles. The van der Waals surface area contributed by atoms with Crippen molar-refractivity contribution in [3.63, 3.8) is 0 Å². The normalized spacial score (nSPS) is 12.3. The van der Waals surface area contributed by atoms with E-state index in [1.165, 1.54) is 17.3 Å². The summed E-state index contributed by atoms with van der Waals surface area (Å²) in [7, 11) is 0. The van der Waals surface area contributed by atoms with Crippen molar-refractivity contribution in [2.75, 3.05) is 5.32 Å². The predicted octanol–water partition coefficient (Wildman–Crippen LogP) is 4.41. The number of fused-ring (bicyclic) bond motifs is 2. The largest absolute Gasteiger partial charge is 0.356 e. The Morgan fingerprint density at radius 3 is 2.71 bits per heavy atom.